The summed E-state index contributed by atoms with van der Waals surface area (Å²) in [7, 11) is -9.66. The van der Waals surface area contributed by atoms with Crippen LogP contribution in [0.3, 0.4) is 0 Å². The third-order valence-electron chi connectivity index (χ3n) is 3.35. The van der Waals surface area contributed by atoms with E-state index >= 15 is 0 Å². The Balaban J connectivity index is 2.13. The van der Waals surface area contributed by atoms with E-state index < -0.39 is 15.4 Å². The second-order valence-corrected chi connectivity index (χ2v) is 7.89. The van der Waals surface area contributed by atoms with Crippen LogP contribution < -0.4 is 5.30 Å². The molecule has 3 rings (SSSR count). The molecule has 110 valence electrons. The fraction of sp³-hybridized carbons (Fsp3) is 0.0769. The number of fused-ring (bicyclic) bond motifs is 3. The van der Waals surface area contributed by atoms with Crippen LogP contribution in [0.5, 0.6) is 0 Å². The fourth-order valence-electron chi connectivity index (χ4n) is 2.59. The van der Waals surface area contributed by atoms with Crippen molar-refractivity contribution >= 4 is 20.7 Å². The molecular formula is C13H12O6P2. The van der Waals surface area contributed by atoms with Gasteiger partial charge in [-0.3, -0.25) is 4.57 Å². The monoisotopic (exact) mass is 326 g/mol. The summed E-state index contributed by atoms with van der Waals surface area (Å²) in [5.74, 6) is 0. The van der Waals surface area contributed by atoms with Crippen molar-refractivity contribution in [1.29, 1.82) is 0 Å². The van der Waals surface area contributed by atoms with Crippen LogP contribution in [0.4, 0.5) is 0 Å². The van der Waals surface area contributed by atoms with E-state index in [0.717, 1.165) is 16.7 Å². The molecule has 0 aromatic heterocycles. The summed E-state index contributed by atoms with van der Waals surface area (Å²) < 4.78 is 27.2. The maximum absolute atomic E-state index is 12.2. The summed E-state index contributed by atoms with van der Waals surface area (Å²) in [6.07, 6.45) is 0.427. The van der Waals surface area contributed by atoms with Crippen LogP contribution in [-0.4, -0.2) is 14.7 Å². The zero-order valence-corrected chi connectivity index (χ0v) is 12.5. The smallest absolute Gasteiger partial charge is 0.321 e. The first-order valence-corrected chi connectivity index (χ1v) is 9.19. The van der Waals surface area contributed by atoms with Crippen molar-refractivity contribution in [2.45, 2.75) is 6.42 Å². The molecule has 2 aromatic rings. The first-order chi connectivity index (χ1) is 9.78. The van der Waals surface area contributed by atoms with Gasteiger partial charge in [-0.25, -0.2) is 8.88 Å². The highest BCUT2D eigenvalue weighted by Crippen LogP contribution is 2.57. The van der Waals surface area contributed by atoms with Crippen molar-refractivity contribution in [2.24, 2.45) is 0 Å². The van der Waals surface area contributed by atoms with Crippen LogP contribution >= 0.6 is 15.4 Å². The molecule has 8 heteroatoms. The van der Waals surface area contributed by atoms with Gasteiger partial charge >= 0.3 is 15.4 Å². The van der Waals surface area contributed by atoms with Gasteiger partial charge in [0.15, 0.2) is 0 Å². The predicted molar refractivity (Wildman–Crippen MR) is 77.3 cm³/mol. The average Bonchev–Trinajstić information content (AvgIpc) is 2.74. The van der Waals surface area contributed by atoms with Crippen molar-refractivity contribution < 1.29 is 28.1 Å². The van der Waals surface area contributed by atoms with Gasteiger partial charge in [0.2, 0.25) is 0 Å². The van der Waals surface area contributed by atoms with Crippen LogP contribution in [-0.2, 0) is 19.9 Å². The SMILES string of the molecule is O=P(O)(O)OP(=O)(O)c1cccc2c1Cc1ccccc1-2. The molecule has 1 aliphatic carbocycles. The molecule has 0 fully saturated rings. The van der Waals surface area contributed by atoms with Crippen molar-refractivity contribution in [3.63, 3.8) is 0 Å². The third-order valence-corrected chi connectivity index (χ3v) is 6.11. The number of rotatable bonds is 3. The van der Waals surface area contributed by atoms with Gasteiger partial charge in [-0.05, 0) is 34.7 Å². The Morgan fingerprint density at radius 1 is 0.905 bits per heavy atom. The molecule has 0 amide bonds. The average molecular weight is 326 g/mol. The van der Waals surface area contributed by atoms with E-state index in [9.17, 15) is 14.0 Å². The van der Waals surface area contributed by atoms with Gasteiger partial charge in [0.25, 0.3) is 0 Å². The molecule has 0 saturated carbocycles. The van der Waals surface area contributed by atoms with Gasteiger partial charge in [-0.1, -0.05) is 36.4 Å². The highest BCUT2D eigenvalue weighted by atomic mass is 31.3. The lowest BCUT2D eigenvalue weighted by Crippen LogP contribution is -2.12. The molecule has 0 heterocycles. The Hall–Kier alpha value is -1.26. The number of hydrogen-bond acceptors (Lipinski definition) is 3. The molecule has 6 nitrogen and oxygen atoms in total. The van der Waals surface area contributed by atoms with Gasteiger partial charge in [-0.2, -0.15) is 0 Å². The van der Waals surface area contributed by atoms with E-state index in [1.165, 1.54) is 6.07 Å². The van der Waals surface area contributed by atoms with E-state index in [1.54, 1.807) is 6.07 Å². The zero-order chi connectivity index (χ0) is 15.3. The summed E-state index contributed by atoms with van der Waals surface area (Å²) in [5, 5.41) is -0.0699. The molecule has 0 bridgehead atoms. The summed E-state index contributed by atoms with van der Waals surface area (Å²) in [5.41, 5.74) is 3.30. The van der Waals surface area contributed by atoms with E-state index in [-0.39, 0.29) is 5.30 Å². The van der Waals surface area contributed by atoms with Gasteiger partial charge < -0.3 is 14.7 Å². The minimum Gasteiger partial charge on any atom is -0.321 e. The summed E-state index contributed by atoms with van der Waals surface area (Å²) >= 11 is 0. The normalized spacial score (nSPS) is 16.1. The number of benzene rings is 2. The van der Waals surface area contributed by atoms with Gasteiger partial charge in [0, 0.05) is 0 Å². The zero-order valence-electron chi connectivity index (χ0n) is 10.7. The lowest BCUT2D eigenvalue weighted by atomic mass is 10.1. The molecule has 2 aromatic carbocycles. The fourth-order valence-corrected chi connectivity index (χ4v) is 4.91. The number of phosphoric acid groups is 1. The van der Waals surface area contributed by atoms with Crippen LogP contribution in [0.15, 0.2) is 42.5 Å². The van der Waals surface area contributed by atoms with Gasteiger partial charge in [-0.15, -0.1) is 0 Å². The molecule has 0 spiro atoms. The maximum atomic E-state index is 12.2. The minimum atomic E-state index is -5.06. The van der Waals surface area contributed by atoms with Crippen LogP contribution in [0.25, 0.3) is 11.1 Å². The van der Waals surface area contributed by atoms with E-state index in [2.05, 4.69) is 4.31 Å². The third kappa shape index (κ3) is 2.74. The first kappa shape index (κ1) is 14.7. The Labute approximate surface area is 120 Å². The van der Waals surface area contributed by atoms with Crippen molar-refractivity contribution in [3.05, 3.63) is 53.6 Å². The Morgan fingerprint density at radius 2 is 1.57 bits per heavy atom. The molecule has 1 atom stereocenters. The number of hydrogen-bond donors (Lipinski definition) is 3. The van der Waals surface area contributed by atoms with Crippen molar-refractivity contribution in [2.75, 3.05) is 0 Å². The molecule has 1 aliphatic rings. The van der Waals surface area contributed by atoms with Crippen LogP contribution in [0, 0.1) is 0 Å². The standard InChI is InChI=1S/C13H12O6P2/c14-20(15,19-21(16,17)18)13-7-3-6-11-10-5-2-1-4-9(10)8-12(11)13/h1-7H,8H2,(H,14,15)(H2,16,17,18). The second kappa shape index (κ2) is 4.89. The highest BCUT2D eigenvalue weighted by molar-refractivity contribution is 7.69. The van der Waals surface area contributed by atoms with E-state index in [4.69, 9.17) is 9.79 Å². The molecule has 0 aliphatic heterocycles. The topological polar surface area (TPSA) is 104 Å². The summed E-state index contributed by atoms with van der Waals surface area (Å²) in [4.78, 5) is 27.5. The lowest BCUT2D eigenvalue weighted by Gasteiger charge is -2.15. The second-order valence-electron chi connectivity index (χ2n) is 4.73. The molecule has 0 saturated heterocycles. The van der Waals surface area contributed by atoms with Crippen LogP contribution in [0.1, 0.15) is 11.1 Å². The van der Waals surface area contributed by atoms with Gasteiger partial charge in [0.05, 0.1) is 5.30 Å². The van der Waals surface area contributed by atoms with E-state index in [0.29, 0.717) is 12.0 Å². The van der Waals surface area contributed by atoms with E-state index in [1.807, 2.05) is 30.3 Å². The van der Waals surface area contributed by atoms with Crippen molar-refractivity contribution in [3.8, 4) is 11.1 Å². The Bertz CT molecular complexity index is 810. The first-order valence-electron chi connectivity index (χ1n) is 6.08. The quantitative estimate of drug-likeness (QED) is 0.637. The highest BCUT2D eigenvalue weighted by Gasteiger charge is 2.36. The summed E-state index contributed by atoms with van der Waals surface area (Å²) in [6.45, 7) is 0. The maximum Gasteiger partial charge on any atom is 0.477 e. The molecular weight excluding hydrogens is 314 g/mol. The van der Waals surface area contributed by atoms with Crippen molar-refractivity contribution in [1.82, 2.24) is 0 Å². The minimum absolute atomic E-state index is 0.0699. The summed E-state index contributed by atoms with van der Waals surface area (Å²) in [6, 6.07) is 12.3. The van der Waals surface area contributed by atoms with Crippen LogP contribution in [0.2, 0.25) is 0 Å². The largest absolute Gasteiger partial charge is 0.477 e. The van der Waals surface area contributed by atoms with Gasteiger partial charge in [0.1, 0.15) is 0 Å². The Morgan fingerprint density at radius 3 is 2.29 bits per heavy atom. The Kier molecular flexibility index (Phi) is 3.41. The molecule has 21 heavy (non-hydrogen) atoms. The molecule has 1 unspecified atom stereocenters. The predicted octanol–water partition coefficient (Wildman–Crippen LogP) is 2.18. The molecule has 0 radical (unpaired) electrons. The molecule has 3 N–H and O–H groups in total. The lowest BCUT2D eigenvalue weighted by molar-refractivity contribution is 0.268.